The summed E-state index contributed by atoms with van der Waals surface area (Å²) in [6.07, 6.45) is 4.95. The molecule has 0 unspecified atom stereocenters. The van der Waals surface area contributed by atoms with Crippen molar-refractivity contribution in [2.75, 3.05) is 33.4 Å². The van der Waals surface area contributed by atoms with Crippen LogP contribution in [0.2, 0.25) is 0 Å². The van der Waals surface area contributed by atoms with Gasteiger partial charge in [-0.15, -0.1) is 0 Å². The molecule has 0 saturated carbocycles. The van der Waals surface area contributed by atoms with E-state index < -0.39 is 0 Å². The first-order valence-corrected chi connectivity index (χ1v) is 9.23. The highest BCUT2D eigenvalue weighted by Gasteiger charge is 2.17. The number of benzene rings is 1. The van der Waals surface area contributed by atoms with Crippen LogP contribution in [0.5, 0.6) is 11.5 Å². The number of likely N-dealkylation sites (tertiary alicyclic amines) is 1. The summed E-state index contributed by atoms with van der Waals surface area (Å²) in [5.74, 6) is 1.15. The molecule has 2 rings (SSSR count). The van der Waals surface area contributed by atoms with Crippen LogP contribution in [-0.4, -0.2) is 55.5 Å². The topological polar surface area (TPSA) is 75.2 Å². The number of amides is 1. The molecule has 26 heavy (non-hydrogen) atoms. The average molecular weight is 378 g/mol. The van der Waals surface area contributed by atoms with Gasteiger partial charge in [-0.25, -0.2) is 0 Å². The van der Waals surface area contributed by atoms with Crippen molar-refractivity contribution in [3.63, 3.8) is 0 Å². The highest BCUT2D eigenvalue weighted by Crippen LogP contribution is 2.28. The van der Waals surface area contributed by atoms with E-state index in [2.05, 4.69) is 15.8 Å². The molecule has 7 nitrogen and oxygen atoms in total. The minimum absolute atomic E-state index is 0.0163. The summed E-state index contributed by atoms with van der Waals surface area (Å²) in [6, 6.07) is 5.45. The van der Waals surface area contributed by atoms with Crippen molar-refractivity contribution in [3.05, 3.63) is 23.8 Å². The van der Waals surface area contributed by atoms with Crippen LogP contribution in [0.3, 0.4) is 0 Å². The second-order valence-electron chi connectivity index (χ2n) is 5.82. The third kappa shape index (κ3) is 6.18. The number of nitrogens with zero attached hydrogens (tertiary/aromatic N) is 2. The summed E-state index contributed by atoms with van der Waals surface area (Å²) in [4.78, 5) is 14.1. The van der Waals surface area contributed by atoms with Crippen LogP contribution in [0, 0.1) is 0 Å². The number of carbonyl (C=O) groups excluding carboxylic acids is 1. The fourth-order valence-electron chi connectivity index (χ4n) is 2.59. The van der Waals surface area contributed by atoms with Crippen LogP contribution in [0.25, 0.3) is 0 Å². The number of hydrogen-bond acceptors (Lipinski definition) is 5. The molecule has 0 atom stereocenters. The number of ether oxygens (including phenoxy) is 2. The van der Waals surface area contributed by atoms with E-state index in [4.69, 9.17) is 21.7 Å². The van der Waals surface area contributed by atoms with Crippen LogP contribution in [-0.2, 0) is 4.79 Å². The van der Waals surface area contributed by atoms with Gasteiger partial charge in [0.25, 0.3) is 5.91 Å². The fraction of sp³-hybridized carbons (Fsp3) is 0.500. The molecule has 1 heterocycles. The fourth-order valence-corrected chi connectivity index (χ4v) is 2.64. The molecule has 1 amide bonds. The first-order chi connectivity index (χ1) is 12.6. The van der Waals surface area contributed by atoms with Gasteiger partial charge in [0.05, 0.1) is 12.8 Å². The number of hydrogen-bond donors (Lipinski definition) is 2. The Morgan fingerprint density at radius 3 is 2.73 bits per heavy atom. The predicted molar refractivity (Wildman–Crippen MR) is 106 cm³/mol. The normalized spacial score (nSPS) is 14.2. The number of rotatable bonds is 7. The van der Waals surface area contributed by atoms with Crippen molar-refractivity contribution in [2.45, 2.75) is 26.2 Å². The van der Waals surface area contributed by atoms with E-state index in [1.54, 1.807) is 19.3 Å². The van der Waals surface area contributed by atoms with Gasteiger partial charge in [0.2, 0.25) is 0 Å². The molecule has 8 heteroatoms. The summed E-state index contributed by atoms with van der Waals surface area (Å²) in [7, 11) is 1.72. The van der Waals surface area contributed by atoms with Crippen molar-refractivity contribution in [3.8, 4) is 11.5 Å². The Hall–Kier alpha value is -2.35. The highest BCUT2D eigenvalue weighted by molar-refractivity contribution is 7.80. The Labute approximate surface area is 159 Å². The zero-order valence-corrected chi connectivity index (χ0v) is 16.1. The van der Waals surface area contributed by atoms with Crippen molar-refractivity contribution in [2.24, 2.45) is 5.10 Å². The molecule has 0 aromatic heterocycles. The van der Waals surface area contributed by atoms with E-state index in [-0.39, 0.29) is 12.5 Å². The second kappa shape index (κ2) is 10.6. The SMILES string of the molecule is CCOc1cc(/C=N\NC(=S)NC)ccc1OCC(=O)N1CCCCC1. The van der Waals surface area contributed by atoms with E-state index in [1.807, 2.05) is 24.0 Å². The van der Waals surface area contributed by atoms with E-state index in [9.17, 15) is 4.79 Å². The molecule has 1 aromatic carbocycles. The summed E-state index contributed by atoms with van der Waals surface area (Å²) >= 11 is 4.95. The lowest BCUT2D eigenvalue weighted by Gasteiger charge is -2.26. The van der Waals surface area contributed by atoms with Crippen LogP contribution < -0.4 is 20.2 Å². The highest BCUT2D eigenvalue weighted by atomic mass is 32.1. The predicted octanol–water partition coefficient (Wildman–Crippen LogP) is 1.90. The maximum atomic E-state index is 12.3. The van der Waals surface area contributed by atoms with Gasteiger partial charge >= 0.3 is 0 Å². The Balaban J connectivity index is 1.98. The lowest BCUT2D eigenvalue weighted by molar-refractivity contribution is -0.134. The van der Waals surface area contributed by atoms with Crippen molar-refractivity contribution < 1.29 is 14.3 Å². The average Bonchev–Trinajstić information content (AvgIpc) is 2.68. The second-order valence-corrected chi connectivity index (χ2v) is 6.23. The zero-order valence-electron chi connectivity index (χ0n) is 15.3. The van der Waals surface area contributed by atoms with Gasteiger partial charge < -0.3 is 19.7 Å². The Morgan fingerprint density at radius 2 is 2.04 bits per heavy atom. The molecule has 1 fully saturated rings. The number of thiocarbonyl (C=S) groups is 1. The molecular weight excluding hydrogens is 352 g/mol. The molecular formula is C18H26N4O3S. The zero-order chi connectivity index (χ0) is 18.8. The maximum absolute atomic E-state index is 12.3. The Bertz CT molecular complexity index is 645. The standard InChI is InChI=1S/C18H26N4O3S/c1-3-24-16-11-14(12-20-21-18(26)19-2)7-8-15(16)25-13-17(23)22-9-5-4-6-10-22/h7-8,11-12H,3-6,9-10,13H2,1-2H3,(H2,19,21,26)/b20-12-. The third-order valence-electron chi connectivity index (χ3n) is 3.93. The van der Waals surface area contributed by atoms with Gasteiger partial charge in [0, 0.05) is 20.1 Å². The molecule has 1 aliphatic rings. The van der Waals surface area contributed by atoms with Gasteiger partial charge in [-0.05, 0) is 62.2 Å². The lowest BCUT2D eigenvalue weighted by Crippen LogP contribution is -2.38. The molecule has 1 aromatic rings. The summed E-state index contributed by atoms with van der Waals surface area (Å²) in [5.41, 5.74) is 3.52. The minimum atomic E-state index is 0.0163. The third-order valence-corrected chi connectivity index (χ3v) is 4.23. The van der Waals surface area contributed by atoms with Crippen molar-refractivity contribution in [1.82, 2.24) is 15.6 Å². The first kappa shape index (κ1) is 20.0. The molecule has 0 spiro atoms. The Morgan fingerprint density at radius 1 is 1.27 bits per heavy atom. The van der Waals surface area contributed by atoms with Crippen LogP contribution in [0.1, 0.15) is 31.7 Å². The molecule has 0 bridgehead atoms. The van der Waals surface area contributed by atoms with Gasteiger partial charge in [0.15, 0.2) is 23.2 Å². The van der Waals surface area contributed by atoms with Crippen molar-refractivity contribution >= 4 is 29.5 Å². The summed E-state index contributed by atoms with van der Waals surface area (Å²) < 4.78 is 11.3. The van der Waals surface area contributed by atoms with Gasteiger partial charge in [0.1, 0.15) is 0 Å². The number of hydrazone groups is 1. The molecule has 0 radical (unpaired) electrons. The van der Waals surface area contributed by atoms with Gasteiger partial charge in [-0.3, -0.25) is 10.2 Å². The first-order valence-electron chi connectivity index (χ1n) is 8.82. The minimum Gasteiger partial charge on any atom is -0.490 e. The van der Waals surface area contributed by atoms with E-state index in [0.717, 1.165) is 31.5 Å². The van der Waals surface area contributed by atoms with E-state index >= 15 is 0 Å². The number of piperidine rings is 1. The van der Waals surface area contributed by atoms with Gasteiger partial charge in [-0.1, -0.05) is 0 Å². The van der Waals surface area contributed by atoms with E-state index in [0.29, 0.717) is 23.2 Å². The monoisotopic (exact) mass is 378 g/mol. The quantitative estimate of drug-likeness (QED) is 0.429. The maximum Gasteiger partial charge on any atom is 0.260 e. The molecule has 142 valence electrons. The lowest BCUT2D eigenvalue weighted by atomic mass is 10.1. The van der Waals surface area contributed by atoms with Crippen molar-refractivity contribution in [1.29, 1.82) is 0 Å². The number of nitrogens with one attached hydrogen (secondary N) is 2. The summed E-state index contributed by atoms with van der Waals surface area (Å²) in [5, 5.41) is 7.25. The van der Waals surface area contributed by atoms with Crippen LogP contribution in [0.4, 0.5) is 0 Å². The number of carbonyl (C=O) groups is 1. The summed E-state index contributed by atoms with van der Waals surface area (Å²) in [6.45, 7) is 4.05. The largest absolute Gasteiger partial charge is 0.490 e. The Kier molecular flexibility index (Phi) is 8.14. The van der Waals surface area contributed by atoms with Gasteiger partial charge in [-0.2, -0.15) is 5.10 Å². The molecule has 2 N–H and O–H groups in total. The molecule has 1 saturated heterocycles. The van der Waals surface area contributed by atoms with E-state index in [1.165, 1.54) is 6.42 Å². The van der Waals surface area contributed by atoms with Crippen LogP contribution >= 0.6 is 12.2 Å². The van der Waals surface area contributed by atoms with Crippen LogP contribution in [0.15, 0.2) is 23.3 Å². The smallest absolute Gasteiger partial charge is 0.260 e. The molecule has 0 aliphatic carbocycles. The molecule has 1 aliphatic heterocycles.